The zero-order valence-corrected chi connectivity index (χ0v) is 21.9. The maximum Gasteiger partial charge on any atom is 0.194 e. The molecule has 1 aliphatic heterocycles. The molecule has 1 unspecified atom stereocenters. The molecule has 1 aliphatic carbocycles. The first-order chi connectivity index (χ1) is 13.5. The van der Waals surface area contributed by atoms with Crippen LogP contribution in [-0.4, -0.2) is 60.5 Å². The summed E-state index contributed by atoms with van der Waals surface area (Å²) in [4.78, 5) is 16.3. The third kappa shape index (κ3) is 7.65. The molecule has 0 saturated carbocycles. The van der Waals surface area contributed by atoms with Crippen molar-refractivity contribution < 1.29 is 0 Å². The van der Waals surface area contributed by atoms with Crippen molar-refractivity contribution in [3.8, 4) is 0 Å². The SMILES string of the molecule is CCNC(=NCC1CCCN(CC(C)C)C1)N(C)Cc1nc2c(s1)CCCC2.I. The number of aromatic nitrogens is 1. The van der Waals surface area contributed by atoms with Gasteiger partial charge in [0.1, 0.15) is 5.01 Å². The Bertz CT molecular complexity index is 622. The second-order valence-corrected chi connectivity index (χ2v) is 10.1. The first-order valence-electron chi connectivity index (χ1n) is 11.2. The number of aryl methyl sites for hydroxylation is 2. The van der Waals surface area contributed by atoms with Crippen molar-refractivity contribution in [2.45, 2.75) is 65.8 Å². The third-order valence-corrected chi connectivity index (χ3v) is 6.83. The van der Waals surface area contributed by atoms with Crippen LogP contribution in [0.2, 0.25) is 0 Å². The van der Waals surface area contributed by atoms with E-state index in [9.17, 15) is 0 Å². The molecule has 0 bridgehead atoms. The number of rotatable bonds is 7. The average Bonchev–Trinajstić information content (AvgIpc) is 3.07. The van der Waals surface area contributed by atoms with Gasteiger partial charge in [-0.1, -0.05) is 13.8 Å². The maximum absolute atomic E-state index is 5.01. The molecule has 0 spiro atoms. The van der Waals surface area contributed by atoms with Crippen molar-refractivity contribution in [2.75, 3.05) is 39.8 Å². The molecule has 0 aromatic carbocycles. The summed E-state index contributed by atoms with van der Waals surface area (Å²) < 4.78 is 0. The molecule has 7 heteroatoms. The smallest absolute Gasteiger partial charge is 0.194 e. The summed E-state index contributed by atoms with van der Waals surface area (Å²) in [5.41, 5.74) is 1.36. The van der Waals surface area contributed by atoms with E-state index in [4.69, 9.17) is 9.98 Å². The van der Waals surface area contributed by atoms with E-state index in [0.29, 0.717) is 5.92 Å². The number of likely N-dealkylation sites (tertiary alicyclic amines) is 1. The minimum absolute atomic E-state index is 0. The molecular formula is C22H40IN5S. The maximum atomic E-state index is 5.01. The van der Waals surface area contributed by atoms with Gasteiger partial charge in [-0.15, -0.1) is 35.3 Å². The van der Waals surface area contributed by atoms with Crippen LogP contribution in [0.25, 0.3) is 0 Å². The fraction of sp³-hybridized carbons (Fsp3) is 0.818. The number of nitrogens with one attached hydrogen (secondary N) is 1. The highest BCUT2D eigenvalue weighted by molar-refractivity contribution is 14.0. The van der Waals surface area contributed by atoms with Crippen molar-refractivity contribution in [2.24, 2.45) is 16.8 Å². The molecule has 3 rings (SSSR count). The molecule has 2 heterocycles. The highest BCUT2D eigenvalue weighted by Gasteiger charge is 2.21. The molecular weight excluding hydrogens is 493 g/mol. The lowest BCUT2D eigenvalue weighted by Gasteiger charge is -2.33. The van der Waals surface area contributed by atoms with Gasteiger partial charge >= 0.3 is 0 Å². The zero-order valence-electron chi connectivity index (χ0n) is 18.7. The first-order valence-corrected chi connectivity index (χ1v) is 12.1. The Balaban J connectivity index is 0.00000300. The molecule has 166 valence electrons. The molecule has 1 atom stereocenters. The summed E-state index contributed by atoms with van der Waals surface area (Å²) in [7, 11) is 2.15. The summed E-state index contributed by atoms with van der Waals surface area (Å²) in [6.45, 7) is 13.1. The number of hydrogen-bond acceptors (Lipinski definition) is 4. The van der Waals surface area contributed by atoms with Crippen molar-refractivity contribution in [3.63, 3.8) is 0 Å². The lowest BCUT2D eigenvalue weighted by atomic mass is 9.97. The van der Waals surface area contributed by atoms with Crippen LogP contribution in [0.1, 0.15) is 62.0 Å². The molecule has 1 saturated heterocycles. The highest BCUT2D eigenvalue weighted by Crippen LogP contribution is 2.27. The van der Waals surface area contributed by atoms with E-state index in [1.54, 1.807) is 0 Å². The van der Waals surface area contributed by atoms with Gasteiger partial charge in [0.15, 0.2) is 5.96 Å². The van der Waals surface area contributed by atoms with Crippen LogP contribution in [-0.2, 0) is 19.4 Å². The van der Waals surface area contributed by atoms with Crippen molar-refractivity contribution in [1.82, 2.24) is 20.1 Å². The normalized spacial score (nSPS) is 20.3. The van der Waals surface area contributed by atoms with Gasteiger partial charge in [-0.05, 0) is 63.8 Å². The fourth-order valence-electron chi connectivity index (χ4n) is 4.42. The molecule has 5 nitrogen and oxygen atoms in total. The van der Waals surface area contributed by atoms with Crippen LogP contribution < -0.4 is 5.32 Å². The summed E-state index contributed by atoms with van der Waals surface area (Å²) in [5.74, 6) is 2.45. The van der Waals surface area contributed by atoms with Crippen LogP contribution in [0.4, 0.5) is 0 Å². The Hall–Kier alpha value is -0.410. The second kappa shape index (κ2) is 12.4. The molecule has 2 aliphatic rings. The van der Waals surface area contributed by atoms with Gasteiger partial charge in [0.2, 0.25) is 0 Å². The van der Waals surface area contributed by atoms with E-state index in [-0.39, 0.29) is 24.0 Å². The van der Waals surface area contributed by atoms with E-state index in [1.165, 1.54) is 67.3 Å². The van der Waals surface area contributed by atoms with Crippen molar-refractivity contribution >= 4 is 41.3 Å². The largest absolute Gasteiger partial charge is 0.357 e. The van der Waals surface area contributed by atoms with Gasteiger partial charge in [0, 0.05) is 38.1 Å². The van der Waals surface area contributed by atoms with E-state index in [2.05, 4.69) is 42.9 Å². The molecule has 1 aromatic heterocycles. The van der Waals surface area contributed by atoms with Crippen molar-refractivity contribution in [1.29, 1.82) is 0 Å². The van der Waals surface area contributed by atoms with Crippen LogP contribution in [0.15, 0.2) is 4.99 Å². The lowest BCUT2D eigenvalue weighted by Crippen LogP contribution is -2.41. The molecule has 1 N–H and O–H groups in total. The van der Waals surface area contributed by atoms with E-state index < -0.39 is 0 Å². The zero-order chi connectivity index (χ0) is 19.9. The van der Waals surface area contributed by atoms with Gasteiger partial charge in [-0.25, -0.2) is 4.98 Å². The number of hydrogen-bond donors (Lipinski definition) is 1. The topological polar surface area (TPSA) is 43.8 Å². The summed E-state index contributed by atoms with van der Waals surface area (Å²) in [5, 5.41) is 4.72. The van der Waals surface area contributed by atoms with Crippen LogP contribution in [0, 0.1) is 11.8 Å². The van der Waals surface area contributed by atoms with Crippen LogP contribution in [0.5, 0.6) is 0 Å². The van der Waals surface area contributed by atoms with Crippen LogP contribution >= 0.6 is 35.3 Å². The van der Waals surface area contributed by atoms with Gasteiger partial charge in [0.05, 0.1) is 12.2 Å². The monoisotopic (exact) mass is 533 g/mol. The van der Waals surface area contributed by atoms with Crippen molar-refractivity contribution in [3.05, 3.63) is 15.6 Å². The number of aliphatic imine (C=N–C) groups is 1. The van der Waals surface area contributed by atoms with E-state index in [0.717, 1.165) is 37.9 Å². The molecule has 1 fully saturated rings. The first kappa shape index (κ1) is 24.9. The number of guanidine groups is 1. The number of nitrogens with zero attached hydrogens (tertiary/aromatic N) is 4. The Morgan fingerprint density at radius 1 is 1.31 bits per heavy atom. The predicted octanol–water partition coefficient (Wildman–Crippen LogP) is 4.41. The Labute approximate surface area is 198 Å². The number of thiazole rings is 1. The molecule has 0 radical (unpaired) electrons. The highest BCUT2D eigenvalue weighted by atomic mass is 127. The van der Waals surface area contributed by atoms with Crippen LogP contribution in [0.3, 0.4) is 0 Å². The van der Waals surface area contributed by atoms with Gasteiger partial charge < -0.3 is 15.1 Å². The Morgan fingerprint density at radius 2 is 2.10 bits per heavy atom. The minimum Gasteiger partial charge on any atom is -0.357 e. The quantitative estimate of drug-likeness (QED) is 0.321. The summed E-state index contributed by atoms with van der Waals surface area (Å²) in [6.07, 6.45) is 7.62. The van der Waals surface area contributed by atoms with Gasteiger partial charge in [-0.3, -0.25) is 4.99 Å². The number of piperidine rings is 1. The number of fused-ring (bicyclic) bond motifs is 1. The summed E-state index contributed by atoms with van der Waals surface area (Å²) in [6, 6.07) is 0. The Kier molecular flexibility index (Phi) is 10.7. The Morgan fingerprint density at radius 3 is 2.83 bits per heavy atom. The average molecular weight is 534 g/mol. The molecule has 0 amide bonds. The van der Waals surface area contributed by atoms with Gasteiger partial charge in [-0.2, -0.15) is 0 Å². The van der Waals surface area contributed by atoms with E-state index >= 15 is 0 Å². The van der Waals surface area contributed by atoms with Gasteiger partial charge in [0.25, 0.3) is 0 Å². The summed E-state index contributed by atoms with van der Waals surface area (Å²) >= 11 is 1.91. The minimum atomic E-state index is 0. The standard InChI is InChI=1S/C22H39N5S.HI/c1-5-23-22(24-13-18-9-8-12-27(15-18)14-17(2)3)26(4)16-21-25-19-10-6-7-11-20(19)28-21;/h17-18H,5-16H2,1-4H3,(H,23,24);1H. The second-order valence-electron chi connectivity index (χ2n) is 8.90. The number of halogens is 1. The predicted molar refractivity (Wildman–Crippen MR) is 136 cm³/mol. The fourth-order valence-corrected chi connectivity index (χ4v) is 5.63. The third-order valence-electron chi connectivity index (χ3n) is 5.68. The molecule has 29 heavy (non-hydrogen) atoms. The molecule has 1 aromatic rings. The van der Waals surface area contributed by atoms with E-state index in [1.807, 2.05) is 11.3 Å². The lowest BCUT2D eigenvalue weighted by molar-refractivity contribution is 0.162.